The van der Waals surface area contributed by atoms with Gasteiger partial charge in [0.15, 0.2) is 0 Å². The zero-order chi connectivity index (χ0) is 12.4. The highest BCUT2D eigenvalue weighted by Crippen LogP contribution is 2.39. The maximum Gasteiger partial charge on any atom is 0.0810 e. The van der Waals surface area contributed by atoms with Gasteiger partial charge in [-0.15, -0.1) is 0 Å². The summed E-state index contributed by atoms with van der Waals surface area (Å²) < 4.78 is 4.74. The highest BCUT2D eigenvalue weighted by atomic mass is 35.5. The summed E-state index contributed by atoms with van der Waals surface area (Å²) in [6.07, 6.45) is 12.2. The third kappa shape index (κ3) is 2.79. The second-order valence-electron chi connectivity index (χ2n) is 5.64. The molecule has 3 aliphatic rings. The van der Waals surface area contributed by atoms with Crippen molar-refractivity contribution in [3.8, 4) is 0 Å². The van der Waals surface area contributed by atoms with Crippen LogP contribution >= 0.6 is 11.9 Å². The summed E-state index contributed by atoms with van der Waals surface area (Å²) in [6, 6.07) is 1.22. The quantitative estimate of drug-likeness (QED) is 0.716. The lowest BCUT2D eigenvalue weighted by Crippen LogP contribution is -2.41. The van der Waals surface area contributed by atoms with Gasteiger partial charge in [-0.05, 0) is 25.2 Å². The smallest absolute Gasteiger partial charge is 0.0810 e. The Hall–Kier alpha value is -0.380. The normalized spacial score (nSPS) is 35.8. The zero-order valence-electron chi connectivity index (χ0n) is 10.7. The lowest BCUT2D eigenvalue weighted by Gasteiger charge is -2.32. The molecule has 3 atom stereocenters. The number of halogens is 1. The molecule has 4 heteroatoms. The van der Waals surface area contributed by atoms with Crippen molar-refractivity contribution < 1.29 is 4.29 Å². The monoisotopic (exact) mass is 268 g/mol. The number of hydrogen-bond acceptors (Lipinski definition) is 3. The van der Waals surface area contributed by atoms with Gasteiger partial charge >= 0.3 is 0 Å². The van der Waals surface area contributed by atoms with E-state index in [0.717, 1.165) is 24.9 Å². The maximum absolute atomic E-state index is 5.37. The number of rotatable bonds is 5. The Kier molecular flexibility index (Phi) is 4.02. The molecule has 0 aromatic carbocycles. The molecule has 2 aliphatic carbocycles. The average Bonchev–Trinajstić information content (AvgIpc) is 3.16. The Morgan fingerprint density at radius 1 is 1.44 bits per heavy atom. The van der Waals surface area contributed by atoms with Crippen LogP contribution in [-0.2, 0) is 4.29 Å². The van der Waals surface area contributed by atoms with Crippen LogP contribution in [0.1, 0.15) is 38.5 Å². The summed E-state index contributed by atoms with van der Waals surface area (Å²) in [5.41, 5.74) is 1.25. The molecule has 2 fully saturated rings. The first-order chi connectivity index (χ1) is 8.88. The largest absolute Gasteiger partial charge is 0.290 e. The van der Waals surface area contributed by atoms with E-state index in [1.807, 2.05) is 0 Å². The van der Waals surface area contributed by atoms with Crippen LogP contribution in [0.25, 0.3) is 0 Å². The van der Waals surface area contributed by atoms with Gasteiger partial charge in [0.2, 0.25) is 0 Å². The average molecular weight is 269 g/mol. The Morgan fingerprint density at radius 3 is 3.06 bits per heavy atom. The van der Waals surface area contributed by atoms with Gasteiger partial charge in [-0.3, -0.25) is 14.2 Å². The summed E-state index contributed by atoms with van der Waals surface area (Å²) in [5, 5.41) is 0. The van der Waals surface area contributed by atoms with Gasteiger partial charge in [-0.1, -0.05) is 18.9 Å². The fourth-order valence-corrected chi connectivity index (χ4v) is 3.61. The minimum absolute atomic E-state index is 0.492. The van der Waals surface area contributed by atoms with Crippen LogP contribution in [0, 0.1) is 5.92 Å². The Balaban J connectivity index is 1.67. The molecule has 0 spiro atoms. The van der Waals surface area contributed by atoms with Crippen molar-refractivity contribution >= 4 is 18.1 Å². The molecule has 0 bridgehead atoms. The van der Waals surface area contributed by atoms with Gasteiger partial charge in [-0.2, -0.15) is 0 Å². The van der Waals surface area contributed by atoms with Gasteiger partial charge in [-0.25, -0.2) is 0 Å². The molecule has 0 amide bonds. The van der Waals surface area contributed by atoms with Crippen LogP contribution in [0.5, 0.6) is 0 Å². The van der Waals surface area contributed by atoms with E-state index in [0.29, 0.717) is 12.6 Å². The molecule has 3 rings (SSSR count). The van der Waals surface area contributed by atoms with Gasteiger partial charge < -0.3 is 0 Å². The third-order valence-electron chi connectivity index (χ3n) is 4.49. The van der Waals surface area contributed by atoms with Gasteiger partial charge in [0.1, 0.15) is 0 Å². The number of allylic oxidation sites excluding steroid dienone is 2. The van der Waals surface area contributed by atoms with Crippen molar-refractivity contribution in [3.63, 3.8) is 0 Å². The van der Waals surface area contributed by atoms with Crippen molar-refractivity contribution in [2.45, 2.75) is 50.6 Å². The molecular weight excluding hydrogens is 248 g/mol. The first-order valence-electron chi connectivity index (χ1n) is 7.11. The van der Waals surface area contributed by atoms with Crippen LogP contribution < -0.4 is 0 Å². The number of likely N-dealkylation sites (tertiary alicyclic amines) is 1. The van der Waals surface area contributed by atoms with E-state index in [9.17, 15) is 0 Å². The molecule has 18 heavy (non-hydrogen) atoms. The molecular formula is C14H21ClN2O. The van der Waals surface area contributed by atoms with Crippen molar-refractivity contribution in [2.24, 2.45) is 10.9 Å². The number of aliphatic imine (C=N–C) groups is 1. The molecule has 0 aromatic heterocycles. The number of hydrogen-bond donors (Lipinski definition) is 0. The van der Waals surface area contributed by atoms with Crippen LogP contribution in [0.4, 0.5) is 0 Å². The van der Waals surface area contributed by atoms with Crippen LogP contribution in [-0.4, -0.2) is 36.3 Å². The van der Waals surface area contributed by atoms with Gasteiger partial charge in [0.05, 0.1) is 18.5 Å². The highest BCUT2D eigenvalue weighted by molar-refractivity contribution is 6.07. The summed E-state index contributed by atoms with van der Waals surface area (Å²) >= 11 is 5.37. The third-order valence-corrected chi connectivity index (χ3v) is 4.65. The number of fused-ring (bicyclic) bond motifs is 1. The summed E-state index contributed by atoms with van der Waals surface area (Å²) in [6.45, 7) is 1.54. The predicted octanol–water partition coefficient (Wildman–Crippen LogP) is 3.15. The Morgan fingerprint density at radius 2 is 2.28 bits per heavy atom. The Labute approximate surface area is 114 Å². The molecule has 3 nitrogen and oxygen atoms in total. The minimum atomic E-state index is 0.492. The van der Waals surface area contributed by atoms with Gasteiger partial charge in [0.25, 0.3) is 0 Å². The van der Waals surface area contributed by atoms with E-state index in [4.69, 9.17) is 16.2 Å². The Bertz CT molecular complexity index is 356. The van der Waals surface area contributed by atoms with Crippen molar-refractivity contribution in [1.29, 1.82) is 0 Å². The van der Waals surface area contributed by atoms with Crippen molar-refractivity contribution in [3.05, 3.63) is 11.8 Å². The SMILES string of the molecule is ClOCCN1C(C=NC2=CC2)CC2CCCCC21. The van der Waals surface area contributed by atoms with Crippen molar-refractivity contribution in [1.82, 2.24) is 4.90 Å². The van der Waals surface area contributed by atoms with Crippen LogP contribution in [0.3, 0.4) is 0 Å². The van der Waals surface area contributed by atoms with E-state index in [1.165, 1.54) is 37.8 Å². The van der Waals surface area contributed by atoms with E-state index in [2.05, 4.69) is 22.2 Å². The molecule has 0 N–H and O–H groups in total. The lowest BCUT2D eigenvalue weighted by atomic mass is 9.85. The van der Waals surface area contributed by atoms with Crippen LogP contribution in [0.2, 0.25) is 0 Å². The highest BCUT2D eigenvalue weighted by Gasteiger charge is 2.40. The second kappa shape index (κ2) is 5.72. The first-order valence-corrected chi connectivity index (χ1v) is 7.42. The van der Waals surface area contributed by atoms with E-state index < -0.39 is 0 Å². The minimum Gasteiger partial charge on any atom is -0.290 e. The van der Waals surface area contributed by atoms with Crippen molar-refractivity contribution in [2.75, 3.05) is 13.2 Å². The van der Waals surface area contributed by atoms with Gasteiger partial charge in [0, 0.05) is 37.0 Å². The molecule has 3 unspecified atom stereocenters. The summed E-state index contributed by atoms with van der Waals surface area (Å²) in [4.78, 5) is 7.12. The molecule has 100 valence electrons. The van der Waals surface area contributed by atoms with Crippen LogP contribution in [0.15, 0.2) is 16.8 Å². The molecule has 1 heterocycles. The molecule has 1 saturated carbocycles. The van der Waals surface area contributed by atoms with E-state index in [1.54, 1.807) is 0 Å². The lowest BCUT2D eigenvalue weighted by molar-refractivity contribution is 0.147. The van der Waals surface area contributed by atoms with E-state index in [-0.39, 0.29) is 0 Å². The molecule has 0 radical (unpaired) electrons. The molecule has 1 aliphatic heterocycles. The second-order valence-corrected chi connectivity index (χ2v) is 5.86. The predicted molar refractivity (Wildman–Crippen MR) is 73.9 cm³/mol. The zero-order valence-corrected chi connectivity index (χ0v) is 11.5. The number of nitrogens with zero attached hydrogens (tertiary/aromatic N) is 2. The van der Waals surface area contributed by atoms with E-state index >= 15 is 0 Å². The molecule has 1 saturated heterocycles. The topological polar surface area (TPSA) is 24.8 Å². The maximum atomic E-state index is 5.37. The fourth-order valence-electron chi connectivity index (χ4n) is 3.54. The first kappa shape index (κ1) is 12.6. The standard InChI is InChI=1S/C14H21ClN2O/c15-18-8-7-17-13(10-16-12-5-6-12)9-11-3-1-2-4-14(11)17/h5,10-11,13-14H,1-4,6-9H2. The summed E-state index contributed by atoms with van der Waals surface area (Å²) in [7, 11) is 0. The molecule has 0 aromatic rings. The fraction of sp³-hybridized carbons (Fsp3) is 0.786. The summed E-state index contributed by atoms with van der Waals surface area (Å²) in [5.74, 6) is 0.860.